The Morgan fingerprint density at radius 2 is 1.55 bits per heavy atom. The number of ether oxygens (including phenoxy) is 1. The number of thiazole rings is 2. The maximum atomic E-state index is 6.02. The Bertz CT molecular complexity index is 1660. The summed E-state index contributed by atoms with van der Waals surface area (Å²) < 4.78 is 5.31. The van der Waals surface area contributed by atoms with Gasteiger partial charge in [0.05, 0.1) is 24.2 Å². The first kappa shape index (κ1) is 27.3. The highest BCUT2D eigenvalue weighted by Crippen LogP contribution is 2.33. The molecule has 6 aromatic rings. The summed E-state index contributed by atoms with van der Waals surface area (Å²) in [5.74, 6) is 0.720. The van der Waals surface area contributed by atoms with Crippen molar-refractivity contribution in [2.45, 2.75) is 6.92 Å². The number of hydrogen-bond donors (Lipinski definition) is 2. The first-order valence-corrected chi connectivity index (χ1v) is 14.4. The second kappa shape index (κ2) is 13.2. The van der Waals surface area contributed by atoms with Crippen LogP contribution in [-0.2, 0) is 0 Å². The Balaban J connectivity index is 0.000000162. The third kappa shape index (κ3) is 7.20. The van der Waals surface area contributed by atoms with Crippen LogP contribution in [0.15, 0.2) is 102 Å². The smallest absolute Gasteiger partial charge is 0.187 e. The third-order valence-electron chi connectivity index (χ3n) is 5.60. The minimum absolute atomic E-state index is 0.641. The SMILES string of the molecule is COc1ccc(Cl)cc1Nc1nc(-c2cccnc2)cs1.Cc1ccc(Nc2nc(-c3ccccn3)cs2)cc1. The van der Waals surface area contributed by atoms with Gasteiger partial charge < -0.3 is 15.4 Å². The van der Waals surface area contributed by atoms with E-state index in [0.717, 1.165) is 50.0 Å². The summed E-state index contributed by atoms with van der Waals surface area (Å²) in [6, 6.07) is 23.4. The number of benzene rings is 2. The zero-order chi connectivity index (χ0) is 27.7. The molecule has 7 nitrogen and oxygen atoms in total. The van der Waals surface area contributed by atoms with Crippen molar-refractivity contribution in [3.05, 3.63) is 113 Å². The summed E-state index contributed by atoms with van der Waals surface area (Å²) in [5, 5.41) is 12.8. The molecule has 0 aliphatic rings. The highest BCUT2D eigenvalue weighted by molar-refractivity contribution is 7.14. The molecule has 2 N–H and O–H groups in total. The van der Waals surface area contributed by atoms with E-state index in [1.54, 1.807) is 43.1 Å². The minimum atomic E-state index is 0.641. The molecule has 0 unspecified atom stereocenters. The van der Waals surface area contributed by atoms with E-state index in [2.05, 4.69) is 61.8 Å². The van der Waals surface area contributed by atoms with E-state index < -0.39 is 0 Å². The number of methoxy groups -OCH3 is 1. The Hall–Kier alpha value is -4.31. The molecule has 4 heterocycles. The predicted octanol–water partition coefficient (Wildman–Crippen LogP) is 8.87. The fraction of sp³-hybridized carbons (Fsp3) is 0.0667. The predicted molar refractivity (Wildman–Crippen MR) is 166 cm³/mol. The molecule has 0 aliphatic heterocycles. The van der Waals surface area contributed by atoms with Crippen LogP contribution in [0.5, 0.6) is 5.75 Å². The van der Waals surface area contributed by atoms with Gasteiger partial charge in [-0.05, 0) is 61.5 Å². The number of aryl methyl sites for hydroxylation is 1. The number of nitrogens with zero attached hydrogens (tertiary/aromatic N) is 4. The van der Waals surface area contributed by atoms with Crippen molar-refractivity contribution in [2.75, 3.05) is 17.7 Å². The van der Waals surface area contributed by atoms with Gasteiger partial charge in [-0.2, -0.15) is 0 Å². The van der Waals surface area contributed by atoms with Gasteiger partial charge in [0.2, 0.25) is 0 Å². The van der Waals surface area contributed by atoms with E-state index in [-0.39, 0.29) is 0 Å². The lowest BCUT2D eigenvalue weighted by Gasteiger charge is -2.09. The molecular weight excluding hydrogens is 560 g/mol. The standard InChI is InChI=1S/C15H12ClN3OS.C15H13N3S/c1-20-14-5-4-11(16)7-12(14)18-15-19-13(9-21-15)10-3-2-6-17-8-10;1-11-5-7-12(8-6-11)17-15-18-14(10-19-15)13-4-2-3-9-16-13/h2-9H,1H3,(H,18,19);2-10H,1H3,(H,17,18). The van der Waals surface area contributed by atoms with E-state index in [4.69, 9.17) is 16.3 Å². The molecule has 200 valence electrons. The topological polar surface area (TPSA) is 84.9 Å². The number of hydrogen-bond acceptors (Lipinski definition) is 9. The van der Waals surface area contributed by atoms with Crippen LogP contribution in [0.4, 0.5) is 21.6 Å². The Morgan fingerprint density at radius 1 is 0.775 bits per heavy atom. The fourth-order valence-corrected chi connectivity index (χ4v) is 5.22. The van der Waals surface area contributed by atoms with Crippen LogP contribution in [0, 0.1) is 6.92 Å². The lowest BCUT2D eigenvalue weighted by atomic mass is 10.2. The van der Waals surface area contributed by atoms with Crippen molar-refractivity contribution in [2.24, 2.45) is 0 Å². The van der Waals surface area contributed by atoms with E-state index >= 15 is 0 Å². The van der Waals surface area contributed by atoms with Crippen molar-refractivity contribution < 1.29 is 4.74 Å². The van der Waals surface area contributed by atoms with Gasteiger partial charge in [-0.3, -0.25) is 9.97 Å². The molecular formula is C30H25ClN6OS2. The van der Waals surface area contributed by atoms with Crippen LogP contribution in [0.2, 0.25) is 5.02 Å². The van der Waals surface area contributed by atoms with Gasteiger partial charge in [-0.25, -0.2) is 9.97 Å². The third-order valence-corrected chi connectivity index (χ3v) is 7.35. The minimum Gasteiger partial charge on any atom is -0.495 e. The monoisotopic (exact) mass is 584 g/mol. The van der Waals surface area contributed by atoms with Crippen LogP contribution in [0.1, 0.15) is 5.56 Å². The molecule has 4 aromatic heterocycles. The summed E-state index contributed by atoms with van der Waals surface area (Å²) >= 11 is 9.12. The van der Waals surface area contributed by atoms with Crippen LogP contribution >= 0.6 is 34.3 Å². The van der Waals surface area contributed by atoms with Gasteiger partial charge >= 0.3 is 0 Å². The number of nitrogens with one attached hydrogen (secondary N) is 2. The second-order valence-corrected chi connectivity index (χ2v) is 10.6. The number of anilines is 4. The molecule has 0 amide bonds. The number of rotatable bonds is 7. The van der Waals surface area contributed by atoms with Crippen molar-refractivity contribution in [1.29, 1.82) is 0 Å². The number of halogens is 1. The summed E-state index contributed by atoms with van der Waals surface area (Å²) in [5.41, 5.74) is 6.76. The molecule has 0 spiro atoms. The van der Waals surface area contributed by atoms with Gasteiger partial charge in [0.25, 0.3) is 0 Å². The van der Waals surface area contributed by atoms with Crippen LogP contribution in [0.25, 0.3) is 22.6 Å². The lowest BCUT2D eigenvalue weighted by Crippen LogP contribution is -1.94. The van der Waals surface area contributed by atoms with Crippen LogP contribution in [0.3, 0.4) is 0 Å². The highest BCUT2D eigenvalue weighted by atomic mass is 35.5. The Kier molecular flexibility index (Phi) is 8.97. The Labute approximate surface area is 245 Å². The second-order valence-electron chi connectivity index (χ2n) is 8.49. The molecule has 0 bridgehead atoms. The maximum Gasteiger partial charge on any atom is 0.187 e. The van der Waals surface area contributed by atoms with E-state index in [1.807, 2.05) is 53.2 Å². The lowest BCUT2D eigenvalue weighted by molar-refractivity contribution is 0.417. The van der Waals surface area contributed by atoms with Crippen LogP contribution < -0.4 is 15.4 Å². The van der Waals surface area contributed by atoms with Gasteiger partial charge in [0.15, 0.2) is 10.3 Å². The average Bonchev–Trinajstić information content (AvgIpc) is 3.66. The largest absolute Gasteiger partial charge is 0.495 e. The number of aromatic nitrogens is 4. The first-order valence-electron chi connectivity index (χ1n) is 12.2. The van der Waals surface area contributed by atoms with Gasteiger partial charge in [-0.15, -0.1) is 22.7 Å². The van der Waals surface area contributed by atoms with Crippen molar-refractivity contribution in [3.63, 3.8) is 0 Å². The molecule has 0 fully saturated rings. The zero-order valence-electron chi connectivity index (χ0n) is 21.7. The molecule has 0 atom stereocenters. The normalized spacial score (nSPS) is 10.4. The fourth-order valence-electron chi connectivity index (χ4n) is 3.59. The molecule has 0 aliphatic carbocycles. The quantitative estimate of drug-likeness (QED) is 0.194. The van der Waals surface area contributed by atoms with E-state index in [1.165, 1.54) is 16.9 Å². The summed E-state index contributed by atoms with van der Waals surface area (Å²) in [6.07, 6.45) is 5.31. The molecule has 10 heteroatoms. The van der Waals surface area contributed by atoms with Gasteiger partial charge in [0.1, 0.15) is 11.4 Å². The molecule has 6 rings (SSSR count). The van der Waals surface area contributed by atoms with Gasteiger partial charge in [-0.1, -0.05) is 35.4 Å². The van der Waals surface area contributed by atoms with E-state index in [0.29, 0.717) is 5.02 Å². The number of pyridine rings is 2. The summed E-state index contributed by atoms with van der Waals surface area (Å²) in [7, 11) is 1.62. The van der Waals surface area contributed by atoms with Crippen molar-refractivity contribution >= 4 is 55.9 Å². The summed E-state index contributed by atoms with van der Waals surface area (Å²) in [6.45, 7) is 2.08. The Morgan fingerprint density at radius 3 is 2.27 bits per heavy atom. The molecule has 0 saturated carbocycles. The highest BCUT2D eigenvalue weighted by Gasteiger charge is 2.09. The zero-order valence-corrected chi connectivity index (χ0v) is 24.1. The average molecular weight is 585 g/mol. The summed E-state index contributed by atoms with van der Waals surface area (Å²) in [4.78, 5) is 17.5. The van der Waals surface area contributed by atoms with E-state index in [9.17, 15) is 0 Å². The van der Waals surface area contributed by atoms with Crippen molar-refractivity contribution in [1.82, 2.24) is 19.9 Å². The van der Waals surface area contributed by atoms with Gasteiger partial charge in [0, 0.05) is 45.6 Å². The molecule has 0 saturated heterocycles. The van der Waals surface area contributed by atoms with Crippen LogP contribution in [-0.4, -0.2) is 27.0 Å². The maximum absolute atomic E-state index is 6.02. The molecule has 2 aromatic carbocycles. The first-order chi connectivity index (χ1) is 19.6. The van der Waals surface area contributed by atoms with Crippen molar-refractivity contribution in [3.8, 4) is 28.4 Å². The molecule has 0 radical (unpaired) electrons. The molecule has 40 heavy (non-hydrogen) atoms.